The van der Waals surface area contributed by atoms with Gasteiger partial charge in [-0.05, 0) is 12.8 Å². The lowest BCUT2D eigenvalue weighted by Gasteiger charge is -2.12. The van der Waals surface area contributed by atoms with Crippen LogP contribution in [0.25, 0.3) is 0 Å². The van der Waals surface area contributed by atoms with Crippen LogP contribution in [0.1, 0.15) is 25.2 Å². The van der Waals surface area contributed by atoms with Gasteiger partial charge in [-0.25, -0.2) is 0 Å². The maximum atomic E-state index is 4.52. The molecule has 0 radical (unpaired) electrons. The predicted molar refractivity (Wildman–Crippen MR) is 72.1 cm³/mol. The maximum absolute atomic E-state index is 4.52. The summed E-state index contributed by atoms with van der Waals surface area (Å²) in [6.45, 7) is 7.00. The van der Waals surface area contributed by atoms with Crippen molar-refractivity contribution in [3.05, 3.63) is 23.8 Å². The summed E-state index contributed by atoms with van der Waals surface area (Å²) >= 11 is 1.79. The van der Waals surface area contributed by atoms with E-state index < -0.39 is 0 Å². The maximum Gasteiger partial charge on any atom is 0.157 e. The van der Waals surface area contributed by atoms with Crippen LogP contribution in [0.4, 0.5) is 0 Å². The molecule has 0 spiro atoms. The highest BCUT2D eigenvalue weighted by Gasteiger charge is 2.22. The lowest BCUT2D eigenvalue weighted by Crippen LogP contribution is -2.31. The second kappa shape index (κ2) is 5.49. The van der Waals surface area contributed by atoms with E-state index in [0.29, 0.717) is 18.5 Å². The first-order chi connectivity index (χ1) is 8.15. The number of nitrogens with one attached hydrogen (secondary N) is 1. The van der Waals surface area contributed by atoms with E-state index in [1.165, 1.54) is 0 Å². The molecule has 17 heavy (non-hydrogen) atoms. The van der Waals surface area contributed by atoms with Crippen LogP contribution in [0.2, 0.25) is 0 Å². The minimum atomic E-state index is 0.544. The Bertz CT molecular complexity index is 399. The molecule has 4 nitrogen and oxygen atoms in total. The van der Waals surface area contributed by atoms with Gasteiger partial charge >= 0.3 is 0 Å². The molecular formula is C12H18N4S. The van der Waals surface area contributed by atoms with Gasteiger partial charge in [0.2, 0.25) is 0 Å². The Hall–Kier alpha value is -1.10. The van der Waals surface area contributed by atoms with Gasteiger partial charge in [-0.15, -0.1) is 0 Å². The average molecular weight is 250 g/mol. The summed E-state index contributed by atoms with van der Waals surface area (Å²) in [5.74, 6) is 1.75. The third kappa shape index (κ3) is 3.43. The van der Waals surface area contributed by atoms with E-state index in [2.05, 4.69) is 34.1 Å². The van der Waals surface area contributed by atoms with Crippen molar-refractivity contribution in [1.82, 2.24) is 15.3 Å². The molecule has 1 fully saturated rings. The minimum Gasteiger partial charge on any atom is -0.361 e. The Balaban J connectivity index is 1.91. The highest BCUT2D eigenvalue weighted by Crippen LogP contribution is 2.19. The number of thioether (sulfide) groups is 1. The number of nitrogens with zero attached hydrogens (tertiary/aromatic N) is 3. The second-order valence-corrected chi connectivity index (χ2v) is 5.59. The predicted octanol–water partition coefficient (Wildman–Crippen LogP) is 2.00. The van der Waals surface area contributed by atoms with Crippen molar-refractivity contribution in [2.45, 2.75) is 33.4 Å². The topological polar surface area (TPSA) is 50.2 Å². The number of aryl methyl sites for hydroxylation is 1. The van der Waals surface area contributed by atoms with Crippen molar-refractivity contribution in [2.24, 2.45) is 10.9 Å². The number of amidine groups is 1. The van der Waals surface area contributed by atoms with E-state index in [1.807, 2.05) is 6.92 Å². The molecule has 0 amide bonds. The van der Waals surface area contributed by atoms with E-state index in [0.717, 1.165) is 22.3 Å². The number of rotatable bonds is 3. The fourth-order valence-electron chi connectivity index (χ4n) is 1.51. The van der Waals surface area contributed by atoms with Crippen molar-refractivity contribution in [2.75, 3.05) is 5.75 Å². The van der Waals surface area contributed by atoms with Crippen molar-refractivity contribution < 1.29 is 0 Å². The summed E-state index contributed by atoms with van der Waals surface area (Å²) in [5.41, 5.74) is 1.85. The molecule has 0 aliphatic carbocycles. The molecule has 0 aromatic carbocycles. The van der Waals surface area contributed by atoms with Gasteiger partial charge in [-0.2, -0.15) is 0 Å². The quantitative estimate of drug-likeness (QED) is 0.891. The third-order valence-corrected chi connectivity index (χ3v) is 3.78. The number of hydrogen-bond donors (Lipinski definition) is 1. The number of hydrogen-bond acceptors (Lipinski definition) is 4. The molecule has 1 aliphatic heterocycles. The molecule has 0 bridgehead atoms. The largest absolute Gasteiger partial charge is 0.361 e. The lowest BCUT2D eigenvalue weighted by atomic mass is 10.1. The van der Waals surface area contributed by atoms with Crippen LogP contribution in [-0.4, -0.2) is 26.9 Å². The molecule has 1 atom stereocenters. The standard InChI is InChI=1S/C12H18N4S/c1-8(2)11-7-17-12(16-11)15-6-10-5-13-9(3)4-14-10/h4-5,8,11H,6-7H2,1-3H3,(H,15,16). The normalized spacial score (nSPS) is 22.1. The van der Waals surface area contributed by atoms with Gasteiger partial charge < -0.3 is 5.32 Å². The highest BCUT2D eigenvalue weighted by molar-refractivity contribution is 8.14. The Morgan fingerprint density at radius 2 is 2.29 bits per heavy atom. The smallest absolute Gasteiger partial charge is 0.157 e. The van der Waals surface area contributed by atoms with E-state index in [-0.39, 0.29) is 0 Å². The number of aromatic nitrogens is 2. The summed E-state index contributed by atoms with van der Waals surface area (Å²) in [7, 11) is 0. The summed E-state index contributed by atoms with van der Waals surface area (Å²) in [6, 6.07) is 0.544. The van der Waals surface area contributed by atoms with Crippen molar-refractivity contribution >= 4 is 16.9 Å². The zero-order valence-electron chi connectivity index (χ0n) is 10.5. The van der Waals surface area contributed by atoms with Crippen LogP contribution < -0.4 is 5.32 Å². The van der Waals surface area contributed by atoms with Gasteiger partial charge in [0.25, 0.3) is 0 Å². The van der Waals surface area contributed by atoms with Gasteiger partial charge in [-0.3, -0.25) is 15.0 Å². The highest BCUT2D eigenvalue weighted by atomic mass is 32.2. The van der Waals surface area contributed by atoms with Gasteiger partial charge in [0, 0.05) is 18.0 Å². The van der Waals surface area contributed by atoms with Gasteiger partial charge in [0.1, 0.15) is 0 Å². The summed E-state index contributed by atoms with van der Waals surface area (Å²) in [5, 5.41) is 4.47. The Kier molecular flexibility index (Phi) is 3.99. The molecule has 92 valence electrons. The summed E-state index contributed by atoms with van der Waals surface area (Å²) in [6.07, 6.45) is 3.57. The van der Waals surface area contributed by atoms with Gasteiger partial charge in [0.15, 0.2) is 5.17 Å². The van der Waals surface area contributed by atoms with Crippen molar-refractivity contribution in [3.63, 3.8) is 0 Å². The fourth-order valence-corrected chi connectivity index (χ4v) is 2.71. The number of aliphatic imine (C=N–C) groups is 1. The molecule has 2 heterocycles. The Morgan fingerprint density at radius 1 is 1.47 bits per heavy atom. The molecule has 1 aromatic heterocycles. The molecule has 1 N–H and O–H groups in total. The fraction of sp³-hybridized carbons (Fsp3) is 0.583. The SMILES string of the molecule is Cc1cnc(CN=C2NC(C(C)C)CS2)cn1. The van der Waals surface area contributed by atoms with Crippen molar-refractivity contribution in [3.8, 4) is 0 Å². The van der Waals surface area contributed by atoms with E-state index in [9.17, 15) is 0 Å². The molecule has 1 aliphatic rings. The molecule has 1 saturated heterocycles. The first-order valence-corrected chi connectivity index (χ1v) is 6.85. The van der Waals surface area contributed by atoms with E-state index in [4.69, 9.17) is 0 Å². The summed E-state index contributed by atoms with van der Waals surface area (Å²) in [4.78, 5) is 13.0. The second-order valence-electron chi connectivity index (χ2n) is 4.58. The molecule has 1 aromatic rings. The van der Waals surface area contributed by atoms with Crippen LogP contribution in [0.3, 0.4) is 0 Å². The van der Waals surface area contributed by atoms with Crippen LogP contribution >= 0.6 is 11.8 Å². The average Bonchev–Trinajstić information content (AvgIpc) is 2.77. The first-order valence-electron chi connectivity index (χ1n) is 5.86. The Labute approximate surface area is 106 Å². The van der Waals surface area contributed by atoms with E-state index in [1.54, 1.807) is 24.2 Å². The molecule has 2 rings (SSSR count). The van der Waals surface area contributed by atoms with Crippen LogP contribution in [0.5, 0.6) is 0 Å². The zero-order chi connectivity index (χ0) is 12.3. The Morgan fingerprint density at radius 3 is 2.88 bits per heavy atom. The lowest BCUT2D eigenvalue weighted by molar-refractivity contribution is 0.503. The van der Waals surface area contributed by atoms with Gasteiger partial charge in [-0.1, -0.05) is 25.6 Å². The van der Waals surface area contributed by atoms with Crippen molar-refractivity contribution in [1.29, 1.82) is 0 Å². The van der Waals surface area contributed by atoms with Crippen LogP contribution in [0.15, 0.2) is 17.4 Å². The summed E-state index contributed by atoms with van der Waals surface area (Å²) < 4.78 is 0. The third-order valence-electron chi connectivity index (χ3n) is 2.73. The van der Waals surface area contributed by atoms with E-state index >= 15 is 0 Å². The molecular weight excluding hydrogens is 232 g/mol. The first kappa shape index (κ1) is 12.4. The minimum absolute atomic E-state index is 0.544. The zero-order valence-corrected chi connectivity index (χ0v) is 11.3. The van der Waals surface area contributed by atoms with Gasteiger partial charge in [0.05, 0.1) is 24.1 Å². The van der Waals surface area contributed by atoms with Crippen LogP contribution in [0, 0.1) is 12.8 Å². The molecule has 0 saturated carbocycles. The molecule has 5 heteroatoms. The molecule has 1 unspecified atom stereocenters. The van der Waals surface area contributed by atoms with Crippen LogP contribution in [-0.2, 0) is 6.54 Å². The monoisotopic (exact) mass is 250 g/mol.